The molecule has 1 amide bonds. The monoisotopic (exact) mass is 454 g/mol. The maximum Gasteiger partial charge on any atom is 0.223 e. The van der Waals surface area contributed by atoms with Crippen LogP contribution in [0.25, 0.3) is 0 Å². The molecule has 1 aromatic heterocycles. The SMILES string of the molecule is CCN(CC)c1ccc(CN2CCc3nnc(C(C)NC(=O)C4CCOCC4)n3CC2)cc1. The fourth-order valence-corrected chi connectivity index (χ4v) is 4.88. The summed E-state index contributed by atoms with van der Waals surface area (Å²) in [5, 5.41) is 12.1. The lowest BCUT2D eigenvalue weighted by Crippen LogP contribution is -2.36. The number of anilines is 1. The van der Waals surface area contributed by atoms with Gasteiger partial charge in [0.15, 0.2) is 5.82 Å². The lowest BCUT2D eigenvalue weighted by molar-refractivity contribution is -0.128. The number of carbonyl (C=O) groups excluding carboxylic acids is 1. The summed E-state index contributed by atoms with van der Waals surface area (Å²) >= 11 is 0. The van der Waals surface area contributed by atoms with Gasteiger partial charge in [0.2, 0.25) is 5.91 Å². The minimum absolute atomic E-state index is 0.0383. The third-order valence-electron chi connectivity index (χ3n) is 6.96. The first kappa shape index (κ1) is 23.7. The Labute approximate surface area is 197 Å². The van der Waals surface area contributed by atoms with Crippen molar-refractivity contribution >= 4 is 11.6 Å². The van der Waals surface area contributed by atoms with Gasteiger partial charge in [0.25, 0.3) is 0 Å². The van der Waals surface area contributed by atoms with Gasteiger partial charge in [-0.15, -0.1) is 10.2 Å². The molecule has 0 bridgehead atoms. The lowest BCUT2D eigenvalue weighted by Gasteiger charge is -2.24. The highest BCUT2D eigenvalue weighted by Gasteiger charge is 2.26. The van der Waals surface area contributed by atoms with Gasteiger partial charge >= 0.3 is 0 Å². The molecule has 2 aliphatic heterocycles. The van der Waals surface area contributed by atoms with Crippen LogP contribution >= 0.6 is 0 Å². The van der Waals surface area contributed by atoms with Crippen LogP contribution in [0.1, 0.15) is 56.9 Å². The van der Waals surface area contributed by atoms with Crippen LogP contribution in [0.3, 0.4) is 0 Å². The van der Waals surface area contributed by atoms with Gasteiger partial charge < -0.3 is 19.5 Å². The average Bonchev–Trinajstić information content (AvgIpc) is 3.16. The standard InChI is InChI=1S/C25H38N6O2/c1-4-30(5-2)22-8-6-20(7-9-22)18-29-13-10-23-27-28-24(31(23)15-14-29)19(3)26-25(32)21-11-16-33-17-12-21/h6-9,19,21H,4-5,10-18H2,1-3H3,(H,26,32). The highest BCUT2D eigenvalue weighted by Crippen LogP contribution is 2.21. The van der Waals surface area contributed by atoms with Gasteiger partial charge in [0.1, 0.15) is 5.82 Å². The van der Waals surface area contributed by atoms with E-state index in [-0.39, 0.29) is 17.9 Å². The molecule has 1 atom stereocenters. The molecule has 1 fully saturated rings. The first-order valence-electron chi connectivity index (χ1n) is 12.4. The summed E-state index contributed by atoms with van der Waals surface area (Å²) in [5.41, 5.74) is 2.62. The van der Waals surface area contributed by atoms with E-state index in [1.807, 2.05) is 6.92 Å². The van der Waals surface area contributed by atoms with E-state index in [4.69, 9.17) is 4.74 Å². The highest BCUT2D eigenvalue weighted by atomic mass is 16.5. The van der Waals surface area contributed by atoms with Crippen LogP contribution in [0, 0.1) is 5.92 Å². The summed E-state index contributed by atoms with van der Waals surface area (Å²) in [6.45, 7) is 13.5. The second kappa shape index (κ2) is 11.1. The summed E-state index contributed by atoms with van der Waals surface area (Å²) < 4.78 is 7.59. The Hall–Kier alpha value is -2.45. The number of rotatable bonds is 8. The van der Waals surface area contributed by atoms with Gasteiger partial charge in [-0.05, 0) is 51.3 Å². The average molecular weight is 455 g/mol. The predicted octanol–water partition coefficient (Wildman–Crippen LogP) is 2.79. The summed E-state index contributed by atoms with van der Waals surface area (Å²) in [4.78, 5) is 17.5. The second-order valence-electron chi connectivity index (χ2n) is 9.11. The molecule has 1 aromatic carbocycles. The second-order valence-corrected chi connectivity index (χ2v) is 9.11. The smallest absolute Gasteiger partial charge is 0.223 e. The zero-order chi connectivity index (χ0) is 23.2. The van der Waals surface area contributed by atoms with Crippen molar-refractivity contribution in [1.29, 1.82) is 0 Å². The number of carbonyl (C=O) groups is 1. The van der Waals surface area contributed by atoms with Gasteiger partial charge in [-0.1, -0.05) is 12.1 Å². The number of hydrogen-bond acceptors (Lipinski definition) is 6. The summed E-state index contributed by atoms with van der Waals surface area (Å²) in [5.74, 6) is 2.01. The number of amides is 1. The molecule has 2 aromatic rings. The van der Waals surface area contributed by atoms with Gasteiger partial charge in [0.05, 0.1) is 6.04 Å². The fraction of sp³-hybridized carbons (Fsp3) is 0.640. The molecular weight excluding hydrogens is 416 g/mol. The van der Waals surface area contributed by atoms with Crippen LogP contribution in [0.4, 0.5) is 5.69 Å². The van der Waals surface area contributed by atoms with Crippen LogP contribution in [-0.2, 0) is 29.0 Å². The maximum atomic E-state index is 12.7. The molecule has 180 valence electrons. The third-order valence-corrected chi connectivity index (χ3v) is 6.96. The number of hydrogen-bond donors (Lipinski definition) is 1. The molecule has 0 aliphatic carbocycles. The molecule has 8 heteroatoms. The molecule has 0 radical (unpaired) electrons. The molecule has 0 saturated carbocycles. The van der Waals surface area contributed by atoms with Crippen LogP contribution in [0.15, 0.2) is 24.3 Å². The number of nitrogens with zero attached hydrogens (tertiary/aromatic N) is 5. The van der Waals surface area contributed by atoms with Crippen molar-refractivity contribution in [3.63, 3.8) is 0 Å². The largest absolute Gasteiger partial charge is 0.381 e. The van der Waals surface area contributed by atoms with E-state index in [0.717, 1.165) is 70.2 Å². The third kappa shape index (κ3) is 5.73. The van der Waals surface area contributed by atoms with Crippen molar-refractivity contribution in [3.05, 3.63) is 41.5 Å². The quantitative estimate of drug-likeness (QED) is 0.661. The molecule has 4 rings (SSSR count). The molecule has 2 aliphatic rings. The van der Waals surface area contributed by atoms with Crippen molar-refractivity contribution in [2.24, 2.45) is 5.92 Å². The van der Waals surface area contributed by atoms with Gasteiger partial charge in [-0.25, -0.2) is 0 Å². The van der Waals surface area contributed by atoms with E-state index >= 15 is 0 Å². The Morgan fingerprint density at radius 1 is 1.12 bits per heavy atom. The van der Waals surface area contributed by atoms with Crippen molar-refractivity contribution in [3.8, 4) is 0 Å². The first-order valence-corrected chi connectivity index (χ1v) is 12.4. The van der Waals surface area contributed by atoms with Gasteiger partial charge in [-0.2, -0.15) is 0 Å². The van der Waals surface area contributed by atoms with Crippen molar-refractivity contribution in [1.82, 2.24) is 25.0 Å². The minimum atomic E-state index is -0.152. The topological polar surface area (TPSA) is 75.5 Å². The normalized spacial score (nSPS) is 18.4. The van der Waals surface area contributed by atoms with Crippen LogP contribution < -0.4 is 10.2 Å². The highest BCUT2D eigenvalue weighted by molar-refractivity contribution is 5.79. The molecule has 0 spiro atoms. The van der Waals surface area contributed by atoms with E-state index in [1.165, 1.54) is 11.3 Å². The van der Waals surface area contributed by atoms with Crippen molar-refractivity contribution in [2.75, 3.05) is 44.3 Å². The Morgan fingerprint density at radius 2 is 1.85 bits per heavy atom. The summed E-state index contributed by atoms with van der Waals surface area (Å²) in [6, 6.07) is 8.81. The van der Waals surface area contributed by atoms with E-state index < -0.39 is 0 Å². The van der Waals surface area contributed by atoms with E-state index in [0.29, 0.717) is 13.2 Å². The first-order chi connectivity index (χ1) is 16.1. The Bertz CT molecular complexity index is 902. The zero-order valence-corrected chi connectivity index (χ0v) is 20.3. The fourth-order valence-electron chi connectivity index (χ4n) is 4.88. The van der Waals surface area contributed by atoms with E-state index in [2.05, 4.69) is 68.0 Å². The number of benzene rings is 1. The van der Waals surface area contributed by atoms with Crippen LogP contribution in [0.2, 0.25) is 0 Å². The molecule has 3 heterocycles. The molecule has 33 heavy (non-hydrogen) atoms. The number of fused-ring (bicyclic) bond motifs is 1. The minimum Gasteiger partial charge on any atom is -0.381 e. The van der Waals surface area contributed by atoms with Crippen LogP contribution in [0.5, 0.6) is 0 Å². The van der Waals surface area contributed by atoms with Gasteiger partial charge in [0, 0.05) is 70.5 Å². The Kier molecular flexibility index (Phi) is 7.98. The molecule has 8 nitrogen and oxygen atoms in total. The van der Waals surface area contributed by atoms with Crippen LogP contribution in [-0.4, -0.2) is 65.0 Å². The van der Waals surface area contributed by atoms with E-state index in [9.17, 15) is 4.79 Å². The zero-order valence-electron chi connectivity index (χ0n) is 20.3. The van der Waals surface area contributed by atoms with E-state index in [1.54, 1.807) is 0 Å². The molecule has 1 N–H and O–H groups in total. The number of ether oxygens (including phenoxy) is 1. The number of aromatic nitrogens is 3. The summed E-state index contributed by atoms with van der Waals surface area (Å²) in [7, 11) is 0. The molecular formula is C25H38N6O2. The predicted molar refractivity (Wildman–Crippen MR) is 129 cm³/mol. The lowest BCUT2D eigenvalue weighted by atomic mass is 9.99. The molecule has 1 saturated heterocycles. The maximum absolute atomic E-state index is 12.7. The Balaban J connectivity index is 1.34. The van der Waals surface area contributed by atoms with Crippen molar-refractivity contribution < 1.29 is 9.53 Å². The Morgan fingerprint density at radius 3 is 2.55 bits per heavy atom. The number of nitrogens with one attached hydrogen (secondary N) is 1. The van der Waals surface area contributed by atoms with Crippen molar-refractivity contribution in [2.45, 2.75) is 59.2 Å². The summed E-state index contributed by atoms with van der Waals surface area (Å²) in [6.07, 6.45) is 2.45. The molecule has 1 unspecified atom stereocenters. The van der Waals surface area contributed by atoms with Gasteiger partial charge in [-0.3, -0.25) is 9.69 Å².